The van der Waals surface area contributed by atoms with Crippen LogP contribution in [0.4, 0.5) is 0 Å². The van der Waals surface area contributed by atoms with Gasteiger partial charge in [-0.15, -0.1) is 0 Å². The molecule has 5 nitrogen and oxygen atoms in total. The second-order valence-electron chi connectivity index (χ2n) is 3.25. The third-order valence-electron chi connectivity index (χ3n) is 2.30. The van der Waals surface area contributed by atoms with Crippen molar-refractivity contribution in [1.82, 2.24) is 0 Å². The molecule has 1 aliphatic rings. The largest absolute Gasteiger partial charge is 0.488 e. The molecular weight excluding hydrogens is 212 g/mol. The number of hydrogen-bond acceptors (Lipinski definition) is 3. The second kappa shape index (κ2) is 3.69. The van der Waals surface area contributed by atoms with E-state index in [2.05, 4.69) is 0 Å². The lowest BCUT2D eigenvalue weighted by molar-refractivity contribution is -0.134. The maximum atomic E-state index is 11.1. The SMILES string of the molecule is O=C(O)C1=C(C(=O)O)c2ccccc2OC1. The topological polar surface area (TPSA) is 83.8 Å². The average molecular weight is 220 g/mol. The molecule has 0 spiro atoms. The van der Waals surface area contributed by atoms with E-state index in [0.29, 0.717) is 11.3 Å². The second-order valence-corrected chi connectivity index (χ2v) is 3.25. The molecule has 82 valence electrons. The van der Waals surface area contributed by atoms with Gasteiger partial charge in [-0.05, 0) is 6.07 Å². The van der Waals surface area contributed by atoms with E-state index < -0.39 is 11.9 Å². The lowest BCUT2D eigenvalue weighted by Crippen LogP contribution is -2.21. The summed E-state index contributed by atoms with van der Waals surface area (Å²) in [5.41, 5.74) is -0.126. The van der Waals surface area contributed by atoms with Gasteiger partial charge in [0.05, 0.1) is 11.1 Å². The van der Waals surface area contributed by atoms with Gasteiger partial charge in [-0.3, -0.25) is 0 Å². The van der Waals surface area contributed by atoms with Crippen LogP contribution < -0.4 is 4.74 Å². The van der Waals surface area contributed by atoms with Gasteiger partial charge in [-0.1, -0.05) is 18.2 Å². The minimum atomic E-state index is -1.27. The number of aliphatic carboxylic acids is 2. The van der Waals surface area contributed by atoms with Crippen LogP contribution in [0.25, 0.3) is 5.57 Å². The monoisotopic (exact) mass is 220 g/mol. The van der Waals surface area contributed by atoms with E-state index >= 15 is 0 Å². The van der Waals surface area contributed by atoms with Crippen LogP contribution in [-0.2, 0) is 9.59 Å². The van der Waals surface area contributed by atoms with Crippen LogP contribution in [0.1, 0.15) is 5.56 Å². The van der Waals surface area contributed by atoms with Crippen molar-refractivity contribution in [2.75, 3.05) is 6.61 Å². The quantitative estimate of drug-likeness (QED) is 0.776. The van der Waals surface area contributed by atoms with E-state index in [-0.39, 0.29) is 17.8 Å². The van der Waals surface area contributed by atoms with Crippen molar-refractivity contribution >= 4 is 17.5 Å². The molecule has 0 aromatic heterocycles. The summed E-state index contributed by atoms with van der Waals surface area (Å²) in [5.74, 6) is -2.13. The highest BCUT2D eigenvalue weighted by Gasteiger charge is 2.28. The van der Waals surface area contributed by atoms with E-state index in [0.717, 1.165) is 0 Å². The van der Waals surface area contributed by atoms with Crippen molar-refractivity contribution in [3.63, 3.8) is 0 Å². The highest BCUT2D eigenvalue weighted by molar-refractivity contribution is 6.23. The van der Waals surface area contributed by atoms with E-state index in [9.17, 15) is 9.59 Å². The standard InChI is InChI=1S/C11H8O5/c12-10(13)7-5-16-8-4-2-1-3-6(8)9(7)11(14)15/h1-4H,5H2,(H,12,13)(H,14,15). The maximum absolute atomic E-state index is 11.1. The van der Waals surface area contributed by atoms with Gasteiger partial charge in [-0.2, -0.15) is 0 Å². The normalized spacial score (nSPS) is 14.0. The highest BCUT2D eigenvalue weighted by atomic mass is 16.5. The number of fused-ring (bicyclic) bond motifs is 1. The molecule has 5 heteroatoms. The molecule has 0 fully saturated rings. The minimum absolute atomic E-state index is 0.200. The van der Waals surface area contributed by atoms with Gasteiger partial charge in [0.25, 0.3) is 0 Å². The first-order valence-corrected chi connectivity index (χ1v) is 4.53. The summed E-state index contributed by atoms with van der Waals surface area (Å²) in [5, 5.41) is 17.9. The van der Waals surface area contributed by atoms with Gasteiger partial charge < -0.3 is 14.9 Å². The Balaban J connectivity index is 2.67. The van der Waals surface area contributed by atoms with Crippen LogP contribution in [0.5, 0.6) is 5.75 Å². The Kier molecular flexibility index (Phi) is 2.36. The number of carbonyl (C=O) groups is 2. The van der Waals surface area contributed by atoms with Crippen LogP contribution >= 0.6 is 0 Å². The molecule has 0 amide bonds. The Morgan fingerprint density at radius 2 is 1.81 bits per heavy atom. The summed E-state index contributed by atoms with van der Waals surface area (Å²) in [7, 11) is 0. The van der Waals surface area contributed by atoms with Crippen molar-refractivity contribution < 1.29 is 24.5 Å². The Hall–Kier alpha value is -2.30. The molecule has 0 radical (unpaired) electrons. The molecule has 1 aromatic carbocycles. The zero-order chi connectivity index (χ0) is 11.7. The molecule has 1 heterocycles. The Morgan fingerprint density at radius 1 is 1.12 bits per heavy atom. The van der Waals surface area contributed by atoms with Gasteiger partial charge in [-0.25, -0.2) is 9.59 Å². The highest BCUT2D eigenvalue weighted by Crippen LogP contribution is 2.32. The van der Waals surface area contributed by atoms with Crippen LogP contribution in [0.2, 0.25) is 0 Å². The molecule has 0 atom stereocenters. The smallest absolute Gasteiger partial charge is 0.337 e. The molecule has 1 aromatic rings. The van der Waals surface area contributed by atoms with Crippen molar-refractivity contribution in [1.29, 1.82) is 0 Å². The van der Waals surface area contributed by atoms with Gasteiger partial charge in [0.1, 0.15) is 12.4 Å². The van der Waals surface area contributed by atoms with Crippen LogP contribution in [-0.4, -0.2) is 28.8 Å². The fourth-order valence-electron chi connectivity index (χ4n) is 1.60. The lowest BCUT2D eigenvalue weighted by atomic mass is 9.97. The number of carboxylic acid groups (broad SMARTS) is 2. The van der Waals surface area contributed by atoms with Crippen molar-refractivity contribution in [2.45, 2.75) is 0 Å². The molecule has 0 unspecified atom stereocenters. The van der Waals surface area contributed by atoms with Crippen molar-refractivity contribution in [2.24, 2.45) is 0 Å². The molecule has 0 aliphatic carbocycles. The minimum Gasteiger partial charge on any atom is -0.488 e. The molecule has 0 saturated carbocycles. The molecule has 16 heavy (non-hydrogen) atoms. The summed E-state index contributed by atoms with van der Waals surface area (Å²) in [6, 6.07) is 6.47. The first-order chi connectivity index (χ1) is 7.61. The fraction of sp³-hybridized carbons (Fsp3) is 0.0909. The first-order valence-electron chi connectivity index (χ1n) is 4.53. The van der Waals surface area contributed by atoms with Gasteiger partial charge >= 0.3 is 11.9 Å². The maximum Gasteiger partial charge on any atom is 0.337 e. The number of ether oxygens (including phenoxy) is 1. The predicted octanol–water partition coefficient (Wildman–Crippen LogP) is 1.00. The number of para-hydroxylation sites is 1. The van der Waals surface area contributed by atoms with E-state index in [4.69, 9.17) is 14.9 Å². The zero-order valence-electron chi connectivity index (χ0n) is 8.14. The van der Waals surface area contributed by atoms with E-state index in [1.54, 1.807) is 18.2 Å². The number of benzene rings is 1. The van der Waals surface area contributed by atoms with Crippen LogP contribution in [0.3, 0.4) is 0 Å². The molecule has 2 N–H and O–H groups in total. The van der Waals surface area contributed by atoms with Crippen molar-refractivity contribution in [3.8, 4) is 5.75 Å². The molecular formula is C11H8O5. The summed E-state index contributed by atoms with van der Waals surface area (Å²) in [4.78, 5) is 21.9. The molecule has 0 bridgehead atoms. The summed E-state index contributed by atoms with van der Waals surface area (Å²) < 4.78 is 5.18. The average Bonchev–Trinajstić information content (AvgIpc) is 2.27. The van der Waals surface area contributed by atoms with Gasteiger partial charge in [0.2, 0.25) is 0 Å². The predicted molar refractivity (Wildman–Crippen MR) is 54.1 cm³/mol. The number of carboxylic acids is 2. The summed E-state index contributed by atoms with van der Waals surface area (Å²) in [6.45, 7) is -0.228. The van der Waals surface area contributed by atoms with Crippen molar-refractivity contribution in [3.05, 3.63) is 35.4 Å². The Labute approximate surface area is 90.6 Å². The van der Waals surface area contributed by atoms with Gasteiger partial charge in [0.15, 0.2) is 0 Å². The van der Waals surface area contributed by atoms with Crippen LogP contribution in [0, 0.1) is 0 Å². The third-order valence-corrected chi connectivity index (χ3v) is 2.30. The zero-order valence-corrected chi connectivity index (χ0v) is 8.14. The summed E-state index contributed by atoms with van der Waals surface area (Å²) >= 11 is 0. The first kappa shape index (κ1) is 10.2. The third kappa shape index (κ3) is 1.52. The lowest BCUT2D eigenvalue weighted by Gasteiger charge is -2.19. The van der Waals surface area contributed by atoms with Gasteiger partial charge in [0, 0.05) is 5.56 Å². The fourth-order valence-corrected chi connectivity index (χ4v) is 1.60. The summed E-state index contributed by atoms with van der Waals surface area (Å²) in [6.07, 6.45) is 0. The number of rotatable bonds is 2. The molecule has 0 saturated heterocycles. The Morgan fingerprint density at radius 3 is 2.44 bits per heavy atom. The molecule has 2 rings (SSSR count). The van der Waals surface area contributed by atoms with Crippen LogP contribution in [0.15, 0.2) is 29.8 Å². The van der Waals surface area contributed by atoms with E-state index in [1.165, 1.54) is 6.07 Å². The number of hydrogen-bond donors (Lipinski definition) is 2. The van der Waals surface area contributed by atoms with E-state index in [1.807, 2.05) is 0 Å². The Bertz CT molecular complexity index is 501. The molecule has 1 aliphatic heterocycles.